The number of ketones is 1. The lowest BCUT2D eigenvalue weighted by atomic mass is 9.69. The molecule has 0 spiro atoms. The van der Waals surface area contributed by atoms with Crippen LogP contribution in [-0.4, -0.2) is 48.5 Å². The molecule has 0 saturated carbocycles. The Morgan fingerprint density at radius 1 is 1.00 bits per heavy atom. The van der Waals surface area contributed by atoms with Crippen LogP contribution in [0.15, 0.2) is 40.3 Å². The minimum absolute atomic E-state index is 0.0468. The molecule has 0 fully saturated rings. The fraction of sp³-hybridized carbons (Fsp3) is 0.294. The highest BCUT2D eigenvalue weighted by atomic mass is 32.1. The third-order valence-corrected chi connectivity index (χ3v) is 4.12. The van der Waals surface area contributed by atoms with Crippen LogP contribution in [0.2, 0.25) is 0 Å². The predicted molar refractivity (Wildman–Crippen MR) is 95.0 cm³/mol. The molecule has 7 nitrogen and oxygen atoms in total. The van der Waals surface area contributed by atoms with Crippen LogP contribution in [0.3, 0.4) is 0 Å². The Morgan fingerprint density at radius 2 is 1.48 bits per heavy atom. The zero-order valence-corrected chi connectivity index (χ0v) is 14.8. The number of Topliss-reactive ketones (excluding diaryl/α,β-unsaturated/α-hetero) is 1. The summed E-state index contributed by atoms with van der Waals surface area (Å²) in [6.45, 7) is 1.64. The van der Waals surface area contributed by atoms with Gasteiger partial charge in [-0.3, -0.25) is 4.79 Å². The van der Waals surface area contributed by atoms with Crippen molar-refractivity contribution in [3.05, 3.63) is 35.9 Å². The molecule has 130 valence electrons. The van der Waals surface area contributed by atoms with Gasteiger partial charge in [0.15, 0.2) is 5.78 Å². The molecular weight excluding hydrogens is 344 g/mol. The summed E-state index contributed by atoms with van der Waals surface area (Å²) in [6.07, 6.45) is 0.0468. The van der Waals surface area contributed by atoms with E-state index in [-0.39, 0.29) is 23.0 Å². The van der Waals surface area contributed by atoms with Crippen molar-refractivity contribution in [1.29, 1.82) is 0 Å². The Hall–Kier alpha value is -2.74. The minimum Gasteiger partial charge on any atom is -0.464 e. The number of hydrogen-bond acceptors (Lipinski definition) is 6. The number of carbonyl (C=O) groups excluding carboxylic acids is 3. The third-order valence-electron chi connectivity index (χ3n) is 3.93. The summed E-state index contributed by atoms with van der Waals surface area (Å²) in [5.74, 6) is -2.22. The summed E-state index contributed by atoms with van der Waals surface area (Å²) in [5, 5.41) is -0.245. The number of thiocarbonyl (C=S) groups is 1. The van der Waals surface area contributed by atoms with Gasteiger partial charge in [-0.05, 0) is 18.6 Å². The zero-order chi connectivity index (χ0) is 18.6. The second kappa shape index (κ2) is 7.43. The number of esters is 2. The van der Waals surface area contributed by atoms with Crippen molar-refractivity contribution in [2.75, 3.05) is 14.2 Å². The molecule has 0 saturated heterocycles. The molecule has 0 amide bonds. The van der Waals surface area contributed by atoms with Crippen LogP contribution in [0, 0.1) is 5.41 Å². The zero-order valence-electron chi connectivity index (χ0n) is 13.9. The first-order chi connectivity index (χ1) is 11.9. The van der Waals surface area contributed by atoms with E-state index in [1.54, 1.807) is 37.3 Å². The van der Waals surface area contributed by atoms with Crippen molar-refractivity contribution >= 4 is 46.5 Å². The number of benzene rings is 1. The molecule has 1 aliphatic rings. The van der Waals surface area contributed by atoms with E-state index in [2.05, 4.69) is 9.98 Å². The van der Waals surface area contributed by atoms with E-state index in [0.29, 0.717) is 5.56 Å². The van der Waals surface area contributed by atoms with Crippen LogP contribution < -0.4 is 0 Å². The van der Waals surface area contributed by atoms with Gasteiger partial charge >= 0.3 is 11.9 Å². The van der Waals surface area contributed by atoms with Crippen molar-refractivity contribution in [1.82, 2.24) is 0 Å². The van der Waals surface area contributed by atoms with E-state index in [4.69, 9.17) is 21.7 Å². The molecular formula is C17H16N2O5S. The van der Waals surface area contributed by atoms with Crippen molar-refractivity contribution < 1.29 is 23.9 Å². The van der Waals surface area contributed by atoms with Gasteiger partial charge in [0.1, 0.15) is 16.8 Å². The van der Waals surface area contributed by atoms with Crippen LogP contribution in [0.5, 0.6) is 0 Å². The van der Waals surface area contributed by atoms with Gasteiger partial charge in [0.2, 0.25) is 5.11 Å². The lowest BCUT2D eigenvalue weighted by Gasteiger charge is -2.33. The highest BCUT2D eigenvalue weighted by molar-refractivity contribution is 7.80. The first-order valence-electron chi connectivity index (χ1n) is 7.41. The van der Waals surface area contributed by atoms with Gasteiger partial charge in [0, 0.05) is 5.56 Å². The molecule has 0 atom stereocenters. The second-order valence-electron chi connectivity index (χ2n) is 5.14. The molecule has 1 aliphatic heterocycles. The Morgan fingerprint density at radius 3 is 1.88 bits per heavy atom. The van der Waals surface area contributed by atoms with Crippen molar-refractivity contribution in [2.45, 2.75) is 13.3 Å². The normalized spacial score (nSPS) is 15.7. The molecule has 25 heavy (non-hydrogen) atoms. The molecule has 0 aliphatic carbocycles. The molecule has 0 aromatic heterocycles. The fourth-order valence-electron chi connectivity index (χ4n) is 2.70. The summed E-state index contributed by atoms with van der Waals surface area (Å²) in [6, 6.07) is 8.25. The SMILES string of the molecule is CCC1(C(=O)c2ccccc2)C(C(=O)OC)=NC(=S)N=C1C(=O)OC. The van der Waals surface area contributed by atoms with Gasteiger partial charge in [0.05, 0.1) is 14.2 Å². The molecule has 1 heterocycles. The lowest BCUT2D eigenvalue weighted by molar-refractivity contribution is -0.133. The molecule has 1 aromatic carbocycles. The van der Waals surface area contributed by atoms with Crippen molar-refractivity contribution in [3.8, 4) is 0 Å². The Bertz CT molecular complexity index is 763. The van der Waals surface area contributed by atoms with Crippen LogP contribution in [0.4, 0.5) is 0 Å². The minimum atomic E-state index is -1.73. The molecule has 0 radical (unpaired) electrons. The smallest absolute Gasteiger partial charge is 0.354 e. The number of carbonyl (C=O) groups is 3. The van der Waals surface area contributed by atoms with Gasteiger partial charge in [-0.1, -0.05) is 37.3 Å². The van der Waals surface area contributed by atoms with Gasteiger partial charge in [-0.15, -0.1) is 0 Å². The van der Waals surface area contributed by atoms with Gasteiger partial charge in [0.25, 0.3) is 0 Å². The third kappa shape index (κ3) is 3.12. The number of hydrogen-bond donors (Lipinski definition) is 0. The summed E-state index contributed by atoms with van der Waals surface area (Å²) < 4.78 is 9.51. The van der Waals surface area contributed by atoms with Gasteiger partial charge in [-0.25, -0.2) is 19.6 Å². The molecule has 2 rings (SSSR count). The second-order valence-corrected chi connectivity index (χ2v) is 5.51. The maximum Gasteiger partial charge on any atom is 0.354 e. The van der Waals surface area contributed by atoms with Crippen LogP contribution >= 0.6 is 12.2 Å². The molecule has 0 unspecified atom stereocenters. The molecule has 8 heteroatoms. The van der Waals surface area contributed by atoms with Gasteiger partial charge in [-0.2, -0.15) is 0 Å². The van der Waals surface area contributed by atoms with Crippen molar-refractivity contribution in [3.63, 3.8) is 0 Å². The Balaban J connectivity index is 2.76. The quantitative estimate of drug-likeness (QED) is 0.451. The predicted octanol–water partition coefficient (Wildman–Crippen LogP) is 1.79. The van der Waals surface area contributed by atoms with E-state index >= 15 is 0 Å². The first kappa shape index (κ1) is 18.6. The van der Waals surface area contributed by atoms with Crippen LogP contribution in [-0.2, 0) is 19.1 Å². The largest absolute Gasteiger partial charge is 0.464 e. The topological polar surface area (TPSA) is 94.4 Å². The van der Waals surface area contributed by atoms with Gasteiger partial charge < -0.3 is 9.47 Å². The molecule has 0 N–H and O–H groups in total. The number of ether oxygens (including phenoxy) is 2. The summed E-state index contributed by atoms with van der Waals surface area (Å²) in [7, 11) is 2.32. The number of rotatable bonds is 5. The van der Waals surface area contributed by atoms with E-state index in [0.717, 1.165) is 14.2 Å². The summed E-state index contributed by atoms with van der Waals surface area (Å²) in [4.78, 5) is 45.8. The standard InChI is InChI=1S/C17H16N2O5S/c1-4-17(13(20)10-8-6-5-7-9-10)11(14(21)23-2)18-16(25)19-12(17)15(22)24-3/h5-9H,4H2,1-3H3. The van der Waals surface area contributed by atoms with E-state index in [1.807, 2.05) is 0 Å². The first-order valence-corrected chi connectivity index (χ1v) is 7.82. The van der Waals surface area contributed by atoms with E-state index < -0.39 is 23.1 Å². The highest BCUT2D eigenvalue weighted by Gasteiger charge is 2.55. The van der Waals surface area contributed by atoms with E-state index in [9.17, 15) is 14.4 Å². The Labute approximate surface area is 149 Å². The summed E-state index contributed by atoms with van der Waals surface area (Å²) >= 11 is 4.95. The Kier molecular flexibility index (Phi) is 5.53. The monoisotopic (exact) mass is 360 g/mol. The highest BCUT2D eigenvalue weighted by Crippen LogP contribution is 2.35. The molecule has 1 aromatic rings. The average Bonchev–Trinajstić information content (AvgIpc) is 2.66. The summed E-state index contributed by atoms with van der Waals surface area (Å²) in [5.41, 5.74) is -1.98. The number of methoxy groups -OCH3 is 2. The lowest BCUT2D eigenvalue weighted by Crippen LogP contribution is -2.54. The van der Waals surface area contributed by atoms with Crippen LogP contribution in [0.1, 0.15) is 23.7 Å². The van der Waals surface area contributed by atoms with E-state index in [1.165, 1.54) is 0 Å². The number of nitrogens with zero attached hydrogens (tertiary/aromatic N) is 2. The average molecular weight is 360 g/mol. The van der Waals surface area contributed by atoms with Crippen molar-refractivity contribution in [2.24, 2.45) is 15.4 Å². The maximum atomic E-state index is 13.3. The maximum absolute atomic E-state index is 13.3. The molecule has 0 bridgehead atoms. The fourth-order valence-corrected chi connectivity index (χ4v) is 2.88. The van der Waals surface area contributed by atoms with Crippen LogP contribution in [0.25, 0.3) is 0 Å². The number of aliphatic imine (C=N–C) groups is 2.